The van der Waals surface area contributed by atoms with Gasteiger partial charge in [0.25, 0.3) is 5.91 Å². The number of nitrogens with one attached hydrogen (secondary N) is 1. The quantitative estimate of drug-likeness (QED) is 0.820. The van der Waals surface area contributed by atoms with Crippen LogP contribution in [-0.4, -0.2) is 18.5 Å². The van der Waals surface area contributed by atoms with Crippen molar-refractivity contribution in [1.29, 1.82) is 0 Å². The van der Waals surface area contributed by atoms with Gasteiger partial charge >= 0.3 is 0 Å². The number of carbonyl (C=O) groups excluding carboxylic acids is 1. The number of hydrogen-bond donors (Lipinski definition) is 2. The molecule has 0 aromatic heterocycles. The van der Waals surface area contributed by atoms with Crippen molar-refractivity contribution in [3.05, 3.63) is 29.3 Å². The number of para-hydroxylation sites is 1. The first-order valence-corrected chi connectivity index (χ1v) is 10.4. The minimum atomic E-state index is 0.171. The van der Waals surface area contributed by atoms with Gasteiger partial charge in [0.05, 0.1) is 6.04 Å². The number of anilines is 1. The van der Waals surface area contributed by atoms with E-state index in [1.165, 1.54) is 43.2 Å². The molecule has 1 amide bonds. The van der Waals surface area contributed by atoms with Gasteiger partial charge in [0.1, 0.15) is 0 Å². The van der Waals surface area contributed by atoms with Crippen LogP contribution >= 0.6 is 0 Å². The normalized spacial score (nSPS) is 32.8. The molecule has 3 nitrogen and oxygen atoms in total. The van der Waals surface area contributed by atoms with Crippen LogP contribution in [0.15, 0.2) is 18.2 Å². The molecule has 4 saturated carbocycles. The lowest BCUT2D eigenvalue weighted by molar-refractivity contribution is -0.699. The van der Waals surface area contributed by atoms with Crippen molar-refractivity contribution in [2.75, 3.05) is 11.9 Å². The van der Waals surface area contributed by atoms with Gasteiger partial charge in [-0.15, -0.1) is 0 Å². The van der Waals surface area contributed by atoms with Crippen molar-refractivity contribution in [3.63, 3.8) is 0 Å². The van der Waals surface area contributed by atoms with E-state index in [9.17, 15) is 4.79 Å². The number of carbonyl (C=O) groups is 1. The molecule has 0 radical (unpaired) electrons. The van der Waals surface area contributed by atoms with Crippen LogP contribution < -0.4 is 10.6 Å². The second kappa shape index (κ2) is 7.11. The fourth-order valence-electron chi connectivity index (χ4n) is 6.19. The van der Waals surface area contributed by atoms with Crippen LogP contribution in [0.4, 0.5) is 5.69 Å². The van der Waals surface area contributed by atoms with Crippen LogP contribution in [0.25, 0.3) is 0 Å². The van der Waals surface area contributed by atoms with Gasteiger partial charge in [0, 0.05) is 17.5 Å². The van der Waals surface area contributed by atoms with E-state index in [1.54, 1.807) is 0 Å². The topological polar surface area (TPSA) is 45.7 Å². The Kier molecular flexibility index (Phi) is 4.86. The van der Waals surface area contributed by atoms with Gasteiger partial charge in [-0.25, -0.2) is 0 Å². The van der Waals surface area contributed by atoms with Crippen LogP contribution in [0.2, 0.25) is 0 Å². The van der Waals surface area contributed by atoms with E-state index >= 15 is 0 Å². The zero-order chi connectivity index (χ0) is 17.4. The molecule has 1 aromatic rings. The van der Waals surface area contributed by atoms with E-state index in [2.05, 4.69) is 42.7 Å². The van der Waals surface area contributed by atoms with Gasteiger partial charge in [-0.05, 0) is 67.9 Å². The van der Waals surface area contributed by atoms with Crippen molar-refractivity contribution >= 4 is 11.6 Å². The lowest BCUT2D eigenvalue weighted by atomic mass is 9.54. The van der Waals surface area contributed by atoms with Crippen molar-refractivity contribution in [2.45, 2.75) is 64.8 Å². The SMILES string of the molecule is CCc1cccc(CC)c1NC(=O)C[NH2+]C1C2CC3CC(C2)CC1C3. The fraction of sp³-hybridized carbons (Fsp3) is 0.682. The molecule has 0 spiro atoms. The van der Waals surface area contributed by atoms with Crippen LogP contribution in [0.3, 0.4) is 0 Å². The summed E-state index contributed by atoms with van der Waals surface area (Å²) in [5, 5.41) is 5.61. The first-order valence-electron chi connectivity index (χ1n) is 10.4. The summed E-state index contributed by atoms with van der Waals surface area (Å²) in [5.74, 6) is 3.93. The molecule has 0 aliphatic heterocycles. The number of nitrogens with two attached hydrogens (primary N) is 1. The highest BCUT2D eigenvalue weighted by atomic mass is 16.1. The highest BCUT2D eigenvalue weighted by Crippen LogP contribution is 2.52. The maximum Gasteiger partial charge on any atom is 0.279 e. The Morgan fingerprint density at radius 3 is 2.08 bits per heavy atom. The molecular formula is C22H33N2O+. The Bertz CT molecular complexity index is 589. The molecule has 0 saturated heterocycles. The smallest absolute Gasteiger partial charge is 0.279 e. The Morgan fingerprint density at radius 2 is 1.56 bits per heavy atom. The van der Waals surface area contributed by atoms with Gasteiger partial charge in [0.15, 0.2) is 6.54 Å². The Balaban J connectivity index is 1.37. The third-order valence-electron chi connectivity index (χ3n) is 7.14. The zero-order valence-electron chi connectivity index (χ0n) is 15.8. The summed E-state index contributed by atoms with van der Waals surface area (Å²) in [6, 6.07) is 7.08. The number of aryl methyl sites for hydroxylation is 2. The minimum Gasteiger partial charge on any atom is -0.336 e. The molecule has 3 heteroatoms. The highest BCUT2D eigenvalue weighted by molar-refractivity contribution is 5.93. The summed E-state index contributed by atoms with van der Waals surface area (Å²) in [4.78, 5) is 12.6. The average molecular weight is 342 g/mol. The highest BCUT2D eigenvalue weighted by Gasteiger charge is 2.50. The molecule has 4 aliphatic carbocycles. The van der Waals surface area contributed by atoms with E-state index in [1.807, 2.05) is 0 Å². The van der Waals surface area contributed by atoms with Crippen molar-refractivity contribution in [1.82, 2.24) is 0 Å². The summed E-state index contributed by atoms with van der Waals surface area (Å²) in [6.45, 7) is 4.89. The Hall–Kier alpha value is -1.35. The van der Waals surface area contributed by atoms with Gasteiger partial charge in [0.2, 0.25) is 0 Å². The number of amides is 1. The minimum absolute atomic E-state index is 0.171. The van der Waals surface area contributed by atoms with Gasteiger partial charge in [-0.1, -0.05) is 32.0 Å². The maximum absolute atomic E-state index is 12.6. The van der Waals surface area contributed by atoms with Crippen LogP contribution in [0.1, 0.15) is 57.1 Å². The van der Waals surface area contributed by atoms with Gasteiger partial charge < -0.3 is 10.6 Å². The largest absolute Gasteiger partial charge is 0.336 e. The molecule has 1 aromatic carbocycles. The van der Waals surface area contributed by atoms with E-state index < -0.39 is 0 Å². The summed E-state index contributed by atoms with van der Waals surface area (Å²) in [7, 11) is 0. The fourth-order valence-corrected chi connectivity index (χ4v) is 6.19. The molecule has 0 atom stereocenters. The Morgan fingerprint density at radius 1 is 1.00 bits per heavy atom. The molecule has 4 bridgehead atoms. The van der Waals surface area contributed by atoms with Crippen molar-refractivity contribution < 1.29 is 10.1 Å². The van der Waals surface area contributed by atoms with E-state index in [0.717, 1.165) is 42.2 Å². The summed E-state index contributed by atoms with van der Waals surface area (Å²) in [6.07, 6.45) is 9.12. The third-order valence-corrected chi connectivity index (χ3v) is 7.14. The summed E-state index contributed by atoms with van der Waals surface area (Å²) < 4.78 is 0. The second-order valence-corrected chi connectivity index (χ2v) is 8.65. The number of rotatable bonds is 6. The molecule has 0 heterocycles. The average Bonchev–Trinajstić information content (AvgIpc) is 2.60. The van der Waals surface area contributed by atoms with E-state index in [-0.39, 0.29) is 5.91 Å². The molecule has 4 aliphatic rings. The van der Waals surface area contributed by atoms with Crippen molar-refractivity contribution in [3.8, 4) is 0 Å². The number of benzene rings is 1. The van der Waals surface area contributed by atoms with Crippen LogP contribution in [0, 0.1) is 23.7 Å². The number of quaternary nitrogens is 1. The third kappa shape index (κ3) is 3.36. The first-order chi connectivity index (χ1) is 12.2. The molecular weight excluding hydrogens is 308 g/mol. The van der Waals surface area contributed by atoms with E-state index in [4.69, 9.17) is 0 Å². The summed E-state index contributed by atoms with van der Waals surface area (Å²) >= 11 is 0. The van der Waals surface area contributed by atoms with E-state index in [0.29, 0.717) is 12.6 Å². The molecule has 25 heavy (non-hydrogen) atoms. The molecule has 3 N–H and O–H groups in total. The lowest BCUT2D eigenvalue weighted by Gasteiger charge is -2.52. The van der Waals surface area contributed by atoms with Crippen LogP contribution in [0.5, 0.6) is 0 Å². The molecule has 5 rings (SSSR count). The number of hydrogen-bond acceptors (Lipinski definition) is 1. The van der Waals surface area contributed by atoms with Crippen molar-refractivity contribution in [2.24, 2.45) is 23.7 Å². The zero-order valence-corrected chi connectivity index (χ0v) is 15.8. The monoisotopic (exact) mass is 341 g/mol. The maximum atomic E-state index is 12.6. The predicted octanol–water partition coefficient (Wildman–Crippen LogP) is 3.14. The standard InChI is InChI=1S/C22H32N2O/c1-3-16-6-5-7-17(4-2)22(16)24-20(25)13-23-21-18-9-14-8-15(11-18)12-19(21)10-14/h5-7,14-15,18-19,21,23H,3-4,8-13H2,1-2H3,(H,24,25)/p+1. The van der Waals surface area contributed by atoms with Gasteiger partial charge in [-0.2, -0.15) is 0 Å². The molecule has 4 fully saturated rings. The summed E-state index contributed by atoms with van der Waals surface area (Å²) in [5.41, 5.74) is 3.57. The first kappa shape index (κ1) is 17.1. The molecule has 136 valence electrons. The lowest BCUT2D eigenvalue weighted by Crippen LogP contribution is -2.95. The second-order valence-electron chi connectivity index (χ2n) is 8.65. The predicted molar refractivity (Wildman–Crippen MR) is 101 cm³/mol. The Labute approximate surface area is 152 Å². The van der Waals surface area contributed by atoms with Crippen LogP contribution in [-0.2, 0) is 17.6 Å². The van der Waals surface area contributed by atoms with Gasteiger partial charge in [-0.3, -0.25) is 4.79 Å². The molecule has 0 unspecified atom stereocenters.